The minimum atomic E-state index is -0.928. The molecule has 1 amide bonds. The van der Waals surface area contributed by atoms with Crippen LogP contribution in [0.4, 0.5) is 8.78 Å². The number of rotatable bonds is 18. The monoisotopic (exact) mass is 439 g/mol. The third-order valence-electron chi connectivity index (χ3n) is 5.32. The molecule has 0 aliphatic carbocycles. The second kappa shape index (κ2) is 17.7. The predicted molar refractivity (Wildman–Crippen MR) is 120 cm³/mol. The fourth-order valence-electron chi connectivity index (χ4n) is 3.46. The molecule has 176 valence electrons. The highest BCUT2D eigenvalue weighted by molar-refractivity contribution is 5.94. The van der Waals surface area contributed by atoms with Crippen molar-refractivity contribution in [1.82, 2.24) is 5.32 Å². The van der Waals surface area contributed by atoms with E-state index >= 15 is 0 Å². The second-order valence-electron chi connectivity index (χ2n) is 8.07. The van der Waals surface area contributed by atoms with Crippen LogP contribution < -0.4 is 5.32 Å². The van der Waals surface area contributed by atoms with Gasteiger partial charge in [-0.2, -0.15) is 0 Å². The first-order valence-corrected chi connectivity index (χ1v) is 11.9. The van der Waals surface area contributed by atoms with Crippen molar-refractivity contribution in [2.75, 3.05) is 13.2 Å². The van der Waals surface area contributed by atoms with Crippen LogP contribution >= 0.6 is 0 Å². The Morgan fingerprint density at radius 3 is 1.81 bits per heavy atom. The van der Waals surface area contributed by atoms with Crippen LogP contribution in [0.1, 0.15) is 107 Å². The van der Waals surface area contributed by atoms with Gasteiger partial charge in [0.15, 0.2) is 0 Å². The zero-order chi connectivity index (χ0) is 22.7. The number of hydrogen-bond acceptors (Lipinski definition) is 3. The van der Waals surface area contributed by atoms with Crippen molar-refractivity contribution in [3.63, 3.8) is 0 Å². The highest BCUT2D eigenvalue weighted by Crippen LogP contribution is 2.13. The van der Waals surface area contributed by atoms with Gasteiger partial charge in [0.05, 0.1) is 13.0 Å². The summed E-state index contributed by atoms with van der Waals surface area (Å²) in [6.45, 7) is 2.59. The van der Waals surface area contributed by atoms with E-state index < -0.39 is 29.1 Å². The van der Waals surface area contributed by atoms with E-state index in [0.717, 1.165) is 31.4 Å². The van der Waals surface area contributed by atoms with Gasteiger partial charge in [-0.15, -0.1) is 0 Å². The zero-order valence-electron chi connectivity index (χ0n) is 19.0. The fourth-order valence-corrected chi connectivity index (χ4v) is 3.46. The van der Waals surface area contributed by atoms with Gasteiger partial charge in [0.25, 0.3) is 5.91 Å². The summed E-state index contributed by atoms with van der Waals surface area (Å²) >= 11 is 0. The second-order valence-corrected chi connectivity index (χ2v) is 8.07. The molecule has 0 aromatic heterocycles. The lowest BCUT2D eigenvalue weighted by atomic mass is 10.0. The van der Waals surface area contributed by atoms with Crippen LogP contribution in [0.5, 0.6) is 0 Å². The Kier molecular flexibility index (Phi) is 15.4. The maximum Gasteiger partial charge on any atom is 0.307 e. The minimum Gasteiger partial charge on any atom is -0.466 e. The molecular weight excluding hydrogens is 400 g/mol. The zero-order valence-corrected chi connectivity index (χ0v) is 19.0. The molecule has 0 unspecified atom stereocenters. The van der Waals surface area contributed by atoms with E-state index in [0.29, 0.717) is 6.61 Å². The first kappa shape index (κ1) is 27.1. The van der Waals surface area contributed by atoms with Crippen LogP contribution in [0.3, 0.4) is 0 Å². The lowest BCUT2D eigenvalue weighted by Gasteiger charge is -2.08. The molecule has 0 radical (unpaired) electrons. The number of benzene rings is 1. The normalized spacial score (nSPS) is 10.8. The molecule has 0 heterocycles. The molecule has 0 spiro atoms. The van der Waals surface area contributed by atoms with Gasteiger partial charge in [-0.05, 0) is 18.6 Å². The van der Waals surface area contributed by atoms with E-state index in [1.54, 1.807) is 0 Å². The van der Waals surface area contributed by atoms with Gasteiger partial charge >= 0.3 is 5.97 Å². The third-order valence-corrected chi connectivity index (χ3v) is 5.32. The fraction of sp³-hybridized carbons (Fsp3) is 0.680. The molecular formula is C25H39F2NO3. The molecule has 4 nitrogen and oxygen atoms in total. The third kappa shape index (κ3) is 13.1. The smallest absolute Gasteiger partial charge is 0.307 e. The molecule has 0 fully saturated rings. The van der Waals surface area contributed by atoms with Crippen LogP contribution in [0.2, 0.25) is 0 Å². The highest BCUT2D eigenvalue weighted by atomic mass is 19.1. The Balaban J connectivity index is 1.92. The molecule has 1 rings (SSSR count). The van der Waals surface area contributed by atoms with Gasteiger partial charge in [0, 0.05) is 6.54 Å². The van der Waals surface area contributed by atoms with Gasteiger partial charge in [0.1, 0.15) is 17.2 Å². The van der Waals surface area contributed by atoms with E-state index in [-0.39, 0.29) is 13.0 Å². The molecule has 1 N–H and O–H groups in total. The molecule has 1 aromatic carbocycles. The van der Waals surface area contributed by atoms with Crippen molar-refractivity contribution in [3.05, 3.63) is 35.4 Å². The number of esters is 1. The summed E-state index contributed by atoms with van der Waals surface area (Å²) in [6, 6.07) is 3.22. The predicted octanol–water partition coefficient (Wildman–Crippen LogP) is 6.72. The van der Waals surface area contributed by atoms with Crippen molar-refractivity contribution in [2.45, 2.75) is 96.8 Å². The molecule has 1 aromatic rings. The summed E-state index contributed by atoms with van der Waals surface area (Å²) in [4.78, 5) is 23.5. The highest BCUT2D eigenvalue weighted by Gasteiger charge is 2.16. The van der Waals surface area contributed by atoms with Crippen LogP contribution in [0, 0.1) is 11.6 Å². The van der Waals surface area contributed by atoms with Gasteiger partial charge < -0.3 is 10.1 Å². The number of ether oxygens (including phenoxy) is 1. The Bertz CT molecular complexity index is 617. The molecule has 0 saturated heterocycles. The van der Waals surface area contributed by atoms with E-state index in [1.165, 1.54) is 70.3 Å². The van der Waals surface area contributed by atoms with Crippen molar-refractivity contribution in [3.8, 4) is 0 Å². The Hall–Kier alpha value is -1.98. The van der Waals surface area contributed by atoms with Gasteiger partial charge in [-0.25, -0.2) is 8.78 Å². The Morgan fingerprint density at radius 2 is 1.29 bits per heavy atom. The van der Waals surface area contributed by atoms with E-state index in [4.69, 9.17) is 4.74 Å². The molecule has 0 atom stereocenters. The number of carbonyl (C=O) groups is 2. The molecule has 0 aliphatic heterocycles. The largest absolute Gasteiger partial charge is 0.466 e. The number of halogens is 2. The number of nitrogens with one attached hydrogen (secondary N) is 1. The van der Waals surface area contributed by atoms with Crippen LogP contribution in [-0.4, -0.2) is 25.0 Å². The standard InChI is InChI=1S/C25H39F2NO3/c1-2-3-4-5-6-7-8-9-10-11-12-13-14-20-31-23(29)18-19-28-25(30)24-21(26)16-15-17-22(24)27/h15-17H,2-14,18-20H2,1H3,(H,28,30). The van der Waals surface area contributed by atoms with E-state index in [9.17, 15) is 18.4 Å². The van der Waals surface area contributed by atoms with Crippen LogP contribution in [0.15, 0.2) is 18.2 Å². The topological polar surface area (TPSA) is 55.4 Å². The summed E-state index contributed by atoms with van der Waals surface area (Å²) < 4.78 is 32.2. The molecule has 0 bridgehead atoms. The lowest BCUT2D eigenvalue weighted by molar-refractivity contribution is -0.143. The van der Waals surface area contributed by atoms with Crippen molar-refractivity contribution >= 4 is 11.9 Å². The maximum absolute atomic E-state index is 13.5. The van der Waals surface area contributed by atoms with Gasteiger partial charge in [0.2, 0.25) is 0 Å². The molecule has 0 aliphatic rings. The van der Waals surface area contributed by atoms with Crippen LogP contribution in [-0.2, 0) is 9.53 Å². The average Bonchev–Trinajstić information content (AvgIpc) is 2.74. The average molecular weight is 440 g/mol. The summed E-state index contributed by atoms with van der Waals surface area (Å²) in [5, 5.41) is 2.34. The maximum atomic E-state index is 13.5. The van der Waals surface area contributed by atoms with E-state index in [1.807, 2.05) is 0 Å². The summed E-state index contributed by atoms with van der Waals surface area (Å²) in [5.74, 6) is -3.15. The molecule has 0 saturated carbocycles. The number of hydrogen-bond donors (Lipinski definition) is 1. The van der Waals surface area contributed by atoms with Crippen molar-refractivity contribution in [1.29, 1.82) is 0 Å². The first-order valence-electron chi connectivity index (χ1n) is 11.9. The number of carbonyl (C=O) groups excluding carboxylic acids is 2. The van der Waals surface area contributed by atoms with Crippen molar-refractivity contribution < 1.29 is 23.1 Å². The number of unbranched alkanes of at least 4 members (excludes halogenated alkanes) is 12. The molecule has 6 heteroatoms. The van der Waals surface area contributed by atoms with Crippen molar-refractivity contribution in [2.24, 2.45) is 0 Å². The Morgan fingerprint density at radius 1 is 0.806 bits per heavy atom. The summed E-state index contributed by atoms with van der Waals surface area (Å²) in [7, 11) is 0. The summed E-state index contributed by atoms with van der Waals surface area (Å²) in [6.07, 6.45) is 16.3. The van der Waals surface area contributed by atoms with Gasteiger partial charge in [-0.1, -0.05) is 90.0 Å². The first-order chi connectivity index (χ1) is 15.1. The molecule has 31 heavy (non-hydrogen) atoms. The summed E-state index contributed by atoms with van der Waals surface area (Å²) in [5.41, 5.74) is -0.636. The van der Waals surface area contributed by atoms with Gasteiger partial charge in [-0.3, -0.25) is 9.59 Å². The van der Waals surface area contributed by atoms with E-state index in [2.05, 4.69) is 12.2 Å². The lowest BCUT2D eigenvalue weighted by Crippen LogP contribution is -2.28. The van der Waals surface area contributed by atoms with Crippen LogP contribution in [0.25, 0.3) is 0 Å². The SMILES string of the molecule is CCCCCCCCCCCCCCCOC(=O)CCNC(=O)c1c(F)cccc1F. The quantitative estimate of drug-likeness (QED) is 0.204. The minimum absolute atomic E-state index is 0.0238. The number of amides is 1. The Labute approximate surface area is 186 Å².